The normalized spacial score (nSPS) is 15.7. The molecule has 2 aromatic carbocycles. The Balaban J connectivity index is 1.40. The topological polar surface area (TPSA) is 94.5 Å². The van der Waals surface area contributed by atoms with E-state index >= 15 is 0 Å². The van der Waals surface area contributed by atoms with Gasteiger partial charge in [-0.25, -0.2) is 0 Å². The highest BCUT2D eigenvalue weighted by molar-refractivity contribution is 5.95. The molecule has 10 nitrogen and oxygen atoms in total. The number of hydrogen-bond acceptors (Lipinski definition) is 10. The number of fused-ring (bicyclic) bond motifs is 2. The van der Waals surface area contributed by atoms with E-state index in [9.17, 15) is 9.90 Å². The van der Waals surface area contributed by atoms with Crippen molar-refractivity contribution >= 4 is 28.6 Å². The average molecular weight is 547 g/mol. The van der Waals surface area contributed by atoms with Crippen molar-refractivity contribution < 1.29 is 19.4 Å². The van der Waals surface area contributed by atoms with Crippen LogP contribution in [0.25, 0.3) is 10.8 Å². The monoisotopic (exact) mass is 546 g/mol. The fourth-order valence-corrected chi connectivity index (χ4v) is 5.35. The Morgan fingerprint density at radius 2 is 1.82 bits per heavy atom. The second kappa shape index (κ2) is 13.0. The molecule has 5 rings (SSSR count). The second-order valence-corrected chi connectivity index (χ2v) is 10.3. The summed E-state index contributed by atoms with van der Waals surface area (Å²) in [6.07, 6.45) is 4.99. The summed E-state index contributed by atoms with van der Waals surface area (Å²) in [6.45, 7) is 7.32. The third kappa shape index (κ3) is 6.46. The number of methoxy groups -OCH3 is 1. The predicted octanol–water partition coefficient (Wildman–Crippen LogP) is 2.69. The largest absolute Gasteiger partial charge is 0.508 e. The Hall–Kier alpha value is -3.89. The summed E-state index contributed by atoms with van der Waals surface area (Å²) >= 11 is 0. The quantitative estimate of drug-likeness (QED) is 0.286. The van der Waals surface area contributed by atoms with Gasteiger partial charge in [0.25, 0.3) is 0 Å². The van der Waals surface area contributed by atoms with E-state index in [1.807, 2.05) is 37.5 Å². The van der Waals surface area contributed by atoms with E-state index in [0.717, 1.165) is 92.1 Å². The van der Waals surface area contributed by atoms with E-state index in [0.29, 0.717) is 25.8 Å². The minimum absolute atomic E-state index is 0.256. The Morgan fingerprint density at radius 3 is 2.62 bits per heavy atom. The van der Waals surface area contributed by atoms with Gasteiger partial charge in [-0.05, 0) is 31.0 Å². The minimum Gasteiger partial charge on any atom is -0.508 e. The number of rotatable bonds is 11. The van der Waals surface area contributed by atoms with Gasteiger partial charge >= 0.3 is 6.01 Å². The maximum atomic E-state index is 10.7. The van der Waals surface area contributed by atoms with E-state index in [-0.39, 0.29) is 5.75 Å². The molecule has 2 aliphatic heterocycles. The molecule has 0 radical (unpaired) electrons. The maximum absolute atomic E-state index is 10.7. The van der Waals surface area contributed by atoms with Crippen LogP contribution >= 0.6 is 0 Å². The van der Waals surface area contributed by atoms with Crippen LogP contribution in [-0.2, 0) is 22.5 Å². The van der Waals surface area contributed by atoms with Crippen molar-refractivity contribution in [2.24, 2.45) is 0 Å². The van der Waals surface area contributed by atoms with Gasteiger partial charge in [-0.1, -0.05) is 24.3 Å². The number of likely N-dealkylation sites (N-methyl/N-ethyl adjacent to an activating group) is 1. The number of aromatic nitrogens is 2. The lowest BCUT2D eigenvalue weighted by Gasteiger charge is -2.38. The first-order chi connectivity index (χ1) is 19.6. The van der Waals surface area contributed by atoms with Crippen LogP contribution in [0.5, 0.6) is 11.8 Å². The molecule has 3 aromatic rings. The smallest absolute Gasteiger partial charge is 0.318 e. The van der Waals surface area contributed by atoms with Gasteiger partial charge in [-0.2, -0.15) is 9.97 Å². The molecule has 40 heavy (non-hydrogen) atoms. The van der Waals surface area contributed by atoms with Crippen molar-refractivity contribution in [3.05, 3.63) is 59.9 Å². The SMILES string of the molecule is COCCN(C)CCOc1nc2c(c(N3CCN(C=CC=O)CC3)n1)CCN(c1cc(O)cc3ccccc13)C2. The third-order valence-electron chi connectivity index (χ3n) is 7.56. The maximum Gasteiger partial charge on any atom is 0.318 e. The molecular weight excluding hydrogens is 508 g/mol. The van der Waals surface area contributed by atoms with E-state index in [2.05, 4.69) is 25.7 Å². The summed E-state index contributed by atoms with van der Waals surface area (Å²) in [5, 5.41) is 12.6. The van der Waals surface area contributed by atoms with E-state index < -0.39 is 0 Å². The number of hydrogen-bond donors (Lipinski definition) is 1. The van der Waals surface area contributed by atoms with Crippen molar-refractivity contribution in [2.75, 3.05) is 83.0 Å². The molecule has 1 fully saturated rings. The summed E-state index contributed by atoms with van der Waals surface area (Å²) in [5.74, 6) is 1.19. The van der Waals surface area contributed by atoms with Crippen molar-refractivity contribution in [3.8, 4) is 11.8 Å². The highest BCUT2D eigenvalue weighted by Crippen LogP contribution is 2.36. The Bertz CT molecular complexity index is 1340. The summed E-state index contributed by atoms with van der Waals surface area (Å²) < 4.78 is 11.3. The molecule has 2 aliphatic rings. The molecule has 0 amide bonds. The summed E-state index contributed by atoms with van der Waals surface area (Å²) in [5.41, 5.74) is 3.11. The number of nitrogens with zero attached hydrogens (tertiary/aromatic N) is 6. The summed E-state index contributed by atoms with van der Waals surface area (Å²) in [7, 11) is 3.74. The van der Waals surface area contributed by atoms with Gasteiger partial charge in [0.2, 0.25) is 0 Å². The van der Waals surface area contributed by atoms with Crippen LogP contribution in [-0.4, -0.2) is 104 Å². The fraction of sp³-hybridized carbons (Fsp3) is 0.433. The Labute approximate surface area is 235 Å². The zero-order valence-corrected chi connectivity index (χ0v) is 23.3. The molecule has 0 aliphatic carbocycles. The van der Waals surface area contributed by atoms with Gasteiger partial charge in [0.05, 0.1) is 18.8 Å². The molecule has 0 unspecified atom stereocenters. The average Bonchev–Trinajstić information content (AvgIpc) is 2.98. The third-order valence-corrected chi connectivity index (χ3v) is 7.56. The number of aldehydes is 1. The number of ether oxygens (including phenoxy) is 2. The van der Waals surface area contributed by atoms with Gasteiger partial charge in [0.15, 0.2) is 0 Å². The van der Waals surface area contributed by atoms with Crippen LogP contribution in [0.15, 0.2) is 48.7 Å². The van der Waals surface area contributed by atoms with Crippen LogP contribution in [0.1, 0.15) is 11.3 Å². The van der Waals surface area contributed by atoms with E-state index in [1.54, 1.807) is 13.2 Å². The number of aromatic hydroxyl groups is 1. The lowest BCUT2D eigenvalue weighted by atomic mass is 10.0. The highest BCUT2D eigenvalue weighted by Gasteiger charge is 2.28. The molecule has 1 aromatic heterocycles. The van der Waals surface area contributed by atoms with Crippen molar-refractivity contribution in [3.63, 3.8) is 0 Å². The first kappa shape index (κ1) is 27.7. The molecule has 212 valence electrons. The van der Waals surface area contributed by atoms with Crippen LogP contribution in [0, 0.1) is 0 Å². The lowest BCUT2D eigenvalue weighted by molar-refractivity contribution is -0.104. The highest BCUT2D eigenvalue weighted by atomic mass is 16.5. The van der Waals surface area contributed by atoms with Gasteiger partial charge in [-0.3, -0.25) is 4.79 Å². The number of anilines is 2. The molecule has 0 saturated carbocycles. The number of piperazine rings is 1. The summed E-state index contributed by atoms with van der Waals surface area (Å²) in [6, 6.07) is 12.2. The number of carbonyl (C=O) groups excluding carboxylic acids is 1. The molecule has 0 bridgehead atoms. The Kier molecular flexibility index (Phi) is 8.98. The van der Waals surface area contributed by atoms with Crippen molar-refractivity contribution in [2.45, 2.75) is 13.0 Å². The molecule has 1 N–H and O–H groups in total. The zero-order chi connectivity index (χ0) is 27.9. The van der Waals surface area contributed by atoms with Crippen LogP contribution < -0.4 is 14.5 Å². The van der Waals surface area contributed by atoms with E-state index in [4.69, 9.17) is 19.4 Å². The van der Waals surface area contributed by atoms with Crippen LogP contribution in [0.4, 0.5) is 11.5 Å². The number of allylic oxidation sites excluding steroid dienone is 1. The first-order valence-electron chi connectivity index (χ1n) is 13.8. The molecule has 3 heterocycles. The standard InChI is InChI=1S/C30H38N6O4/c1-33(15-18-39-2)16-19-40-30-31-27-22-36(28-21-24(38)20-23-6-3-4-7-25(23)28)10-8-26(27)29(32-30)35-13-11-34(12-14-35)9-5-17-37/h3-7,9,17,20-21,38H,8,10-16,18-19,22H2,1-2H3. The van der Waals surface area contributed by atoms with E-state index in [1.165, 1.54) is 6.08 Å². The summed E-state index contributed by atoms with van der Waals surface area (Å²) in [4.78, 5) is 29.5. The molecule has 1 saturated heterocycles. The van der Waals surface area contributed by atoms with Gasteiger partial charge < -0.3 is 34.2 Å². The van der Waals surface area contributed by atoms with Crippen molar-refractivity contribution in [1.29, 1.82) is 0 Å². The van der Waals surface area contributed by atoms with Crippen LogP contribution in [0.2, 0.25) is 0 Å². The first-order valence-corrected chi connectivity index (χ1v) is 13.8. The molecule has 0 atom stereocenters. The second-order valence-electron chi connectivity index (χ2n) is 10.3. The number of carbonyl (C=O) groups is 1. The van der Waals surface area contributed by atoms with Gasteiger partial charge in [-0.15, -0.1) is 0 Å². The van der Waals surface area contributed by atoms with Crippen molar-refractivity contribution in [1.82, 2.24) is 19.8 Å². The molecule has 0 spiro atoms. The predicted molar refractivity (Wildman–Crippen MR) is 156 cm³/mol. The minimum atomic E-state index is 0.256. The lowest BCUT2D eigenvalue weighted by Crippen LogP contribution is -2.45. The van der Waals surface area contributed by atoms with Crippen LogP contribution in [0.3, 0.4) is 0 Å². The van der Waals surface area contributed by atoms with Gasteiger partial charge in [0, 0.05) is 81.8 Å². The number of benzene rings is 2. The molecular formula is C30H38N6O4. The fourth-order valence-electron chi connectivity index (χ4n) is 5.35. The number of phenolic OH excluding ortho intramolecular Hbond substituents is 1. The zero-order valence-electron chi connectivity index (χ0n) is 23.3. The van der Waals surface area contributed by atoms with Gasteiger partial charge in [0.1, 0.15) is 24.5 Å². The Morgan fingerprint density at radius 1 is 1.02 bits per heavy atom. The molecule has 10 heteroatoms. The number of phenols is 1.